The predicted octanol–water partition coefficient (Wildman–Crippen LogP) is 5.92. The summed E-state index contributed by atoms with van der Waals surface area (Å²) in [5.74, 6) is 0.0848. The fraction of sp³-hybridized carbons (Fsp3) is 0.227. The van der Waals surface area contributed by atoms with Crippen LogP contribution in [-0.2, 0) is 5.41 Å². The van der Waals surface area contributed by atoms with E-state index in [2.05, 4.69) is 54.3 Å². The topological polar surface area (TPSA) is 61.6 Å². The van der Waals surface area contributed by atoms with Crippen LogP contribution in [0.1, 0.15) is 31.9 Å². The minimum atomic E-state index is -0.321. The van der Waals surface area contributed by atoms with Gasteiger partial charge in [-0.15, -0.1) is 0 Å². The molecule has 0 saturated heterocycles. The first kappa shape index (κ1) is 19.8. The highest BCUT2D eigenvalue weighted by molar-refractivity contribution is 7.98. The molecule has 0 saturated carbocycles. The van der Waals surface area contributed by atoms with Gasteiger partial charge in [0.1, 0.15) is 17.4 Å². The summed E-state index contributed by atoms with van der Waals surface area (Å²) < 4.78 is 13.2. The number of nitrogens with zero attached hydrogens (tertiary/aromatic N) is 3. The SMILES string of the molecule is CSc1nc(Nc2ccc(F)cc2)c(C#N)c(-c2ccc(C(C)(C)C)cc2)n1. The van der Waals surface area contributed by atoms with E-state index in [0.29, 0.717) is 27.9 Å². The van der Waals surface area contributed by atoms with Crippen LogP contribution in [0.15, 0.2) is 53.7 Å². The first-order chi connectivity index (χ1) is 13.3. The molecule has 1 heterocycles. The molecule has 3 rings (SSSR count). The Hall–Kier alpha value is -2.91. The normalized spacial score (nSPS) is 11.1. The van der Waals surface area contributed by atoms with E-state index in [1.165, 1.54) is 29.5 Å². The average molecular weight is 393 g/mol. The second-order valence-electron chi connectivity index (χ2n) is 7.35. The Morgan fingerprint density at radius 2 is 1.64 bits per heavy atom. The standard InChI is InChI=1S/C22H21FN4S/c1-22(2,3)15-7-5-14(6-8-15)19-18(13-24)20(27-21(26-19)28-4)25-17-11-9-16(23)10-12-17/h5-12H,1-4H3,(H,25,26,27). The van der Waals surface area contributed by atoms with Crippen molar-refractivity contribution in [2.75, 3.05) is 11.6 Å². The molecule has 0 aliphatic rings. The number of aromatic nitrogens is 2. The second kappa shape index (κ2) is 7.99. The van der Waals surface area contributed by atoms with Crippen LogP contribution >= 0.6 is 11.8 Å². The largest absolute Gasteiger partial charge is 0.339 e. The molecule has 1 N–H and O–H groups in total. The van der Waals surface area contributed by atoms with Gasteiger partial charge in [-0.3, -0.25) is 0 Å². The maximum Gasteiger partial charge on any atom is 0.189 e. The van der Waals surface area contributed by atoms with E-state index in [9.17, 15) is 9.65 Å². The fourth-order valence-corrected chi connectivity index (χ4v) is 3.10. The van der Waals surface area contributed by atoms with Gasteiger partial charge in [-0.2, -0.15) is 5.26 Å². The van der Waals surface area contributed by atoms with Gasteiger partial charge in [-0.25, -0.2) is 14.4 Å². The zero-order valence-electron chi connectivity index (χ0n) is 16.2. The predicted molar refractivity (Wildman–Crippen MR) is 112 cm³/mol. The quantitative estimate of drug-likeness (QED) is 0.441. The van der Waals surface area contributed by atoms with Crippen LogP contribution in [0.3, 0.4) is 0 Å². The molecule has 4 nitrogen and oxygen atoms in total. The molecule has 0 amide bonds. The summed E-state index contributed by atoms with van der Waals surface area (Å²) in [4.78, 5) is 9.02. The number of nitrogens with one attached hydrogen (secondary N) is 1. The summed E-state index contributed by atoms with van der Waals surface area (Å²) in [5, 5.41) is 13.5. The Morgan fingerprint density at radius 3 is 2.18 bits per heavy atom. The number of hydrogen-bond acceptors (Lipinski definition) is 5. The van der Waals surface area contributed by atoms with Crippen molar-refractivity contribution in [3.63, 3.8) is 0 Å². The number of hydrogen-bond donors (Lipinski definition) is 1. The number of anilines is 2. The fourth-order valence-electron chi connectivity index (χ4n) is 2.73. The van der Waals surface area contributed by atoms with Crippen molar-refractivity contribution in [3.8, 4) is 17.3 Å². The summed E-state index contributed by atoms with van der Waals surface area (Å²) in [6.07, 6.45) is 1.88. The molecule has 0 radical (unpaired) electrons. The molecular weight excluding hydrogens is 371 g/mol. The molecule has 0 unspecified atom stereocenters. The number of thioether (sulfide) groups is 1. The summed E-state index contributed by atoms with van der Waals surface area (Å²) in [6.45, 7) is 6.47. The van der Waals surface area contributed by atoms with Gasteiger partial charge >= 0.3 is 0 Å². The van der Waals surface area contributed by atoms with E-state index < -0.39 is 0 Å². The van der Waals surface area contributed by atoms with Crippen LogP contribution < -0.4 is 5.32 Å². The van der Waals surface area contributed by atoms with Gasteiger partial charge in [0.25, 0.3) is 0 Å². The zero-order chi connectivity index (χ0) is 20.3. The Balaban J connectivity index is 2.08. The molecular formula is C22H21FN4S. The van der Waals surface area contributed by atoms with Gasteiger partial charge in [0.15, 0.2) is 11.0 Å². The maximum absolute atomic E-state index is 13.2. The van der Waals surface area contributed by atoms with Crippen molar-refractivity contribution < 1.29 is 4.39 Å². The third kappa shape index (κ3) is 4.32. The molecule has 3 aromatic rings. The summed E-state index contributed by atoms with van der Waals surface area (Å²) in [6, 6.07) is 16.2. The van der Waals surface area contributed by atoms with E-state index in [4.69, 9.17) is 0 Å². The highest BCUT2D eigenvalue weighted by Gasteiger charge is 2.18. The monoisotopic (exact) mass is 392 g/mol. The average Bonchev–Trinajstić information content (AvgIpc) is 2.68. The molecule has 0 aliphatic heterocycles. The lowest BCUT2D eigenvalue weighted by atomic mass is 9.86. The van der Waals surface area contributed by atoms with Crippen molar-refractivity contribution in [2.45, 2.75) is 31.3 Å². The van der Waals surface area contributed by atoms with Crippen molar-refractivity contribution in [1.29, 1.82) is 5.26 Å². The van der Waals surface area contributed by atoms with Gasteiger partial charge in [0.2, 0.25) is 0 Å². The molecule has 0 aliphatic carbocycles. The van der Waals surface area contributed by atoms with E-state index in [1.807, 2.05) is 18.4 Å². The number of benzene rings is 2. The Kier molecular flexibility index (Phi) is 5.66. The van der Waals surface area contributed by atoms with Gasteiger partial charge < -0.3 is 5.32 Å². The van der Waals surface area contributed by atoms with Crippen molar-refractivity contribution >= 4 is 23.3 Å². The van der Waals surface area contributed by atoms with E-state index in [0.717, 1.165) is 5.56 Å². The van der Waals surface area contributed by atoms with Gasteiger partial charge in [-0.05, 0) is 41.5 Å². The lowest BCUT2D eigenvalue weighted by Gasteiger charge is -2.19. The van der Waals surface area contributed by atoms with Gasteiger partial charge in [0, 0.05) is 11.3 Å². The lowest BCUT2D eigenvalue weighted by Crippen LogP contribution is -2.10. The Bertz CT molecular complexity index is 1020. The molecule has 142 valence electrons. The number of rotatable bonds is 4. The first-order valence-corrected chi connectivity index (χ1v) is 10.0. The molecule has 2 aromatic carbocycles. The third-order valence-corrected chi connectivity index (χ3v) is 4.86. The van der Waals surface area contributed by atoms with Crippen molar-refractivity contribution in [2.24, 2.45) is 0 Å². The maximum atomic E-state index is 13.2. The van der Waals surface area contributed by atoms with Gasteiger partial charge in [-0.1, -0.05) is 56.8 Å². The molecule has 0 spiro atoms. The Morgan fingerprint density at radius 1 is 1.00 bits per heavy atom. The molecule has 0 fully saturated rings. The summed E-state index contributed by atoms with van der Waals surface area (Å²) in [7, 11) is 0. The molecule has 1 aromatic heterocycles. The van der Waals surface area contributed by atoms with Crippen LogP contribution in [0, 0.1) is 17.1 Å². The lowest BCUT2D eigenvalue weighted by molar-refractivity contribution is 0.590. The van der Waals surface area contributed by atoms with Crippen LogP contribution in [-0.4, -0.2) is 16.2 Å². The Labute approximate surface area is 168 Å². The molecule has 6 heteroatoms. The molecule has 0 atom stereocenters. The van der Waals surface area contributed by atoms with Crippen LogP contribution in [0.4, 0.5) is 15.9 Å². The molecule has 28 heavy (non-hydrogen) atoms. The zero-order valence-corrected chi connectivity index (χ0v) is 17.1. The highest BCUT2D eigenvalue weighted by atomic mass is 32.2. The highest BCUT2D eigenvalue weighted by Crippen LogP contribution is 2.31. The minimum Gasteiger partial charge on any atom is -0.339 e. The third-order valence-electron chi connectivity index (χ3n) is 4.31. The number of nitriles is 1. The number of halogens is 1. The van der Waals surface area contributed by atoms with Crippen molar-refractivity contribution in [3.05, 3.63) is 65.5 Å². The minimum absolute atomic E-state index is 0.0436. The summed E-state index contributed by atoms with van der Waals surface area (Å²) in [5.41, 5.74) is 3.68. The van der Waals surface area contributed by atoms with E-state index in [1.54, 1.807) is 12.1 Å². The summed E-state index contributed by atoms with van der Waals surface area (Å²) >= 11 is 1.40. The van der Waals surface area contributed by atoms with E-state index >= 15 is 0 Å². The van der Waals surface area contributed by atoms with Gasteiger partial charge in [0.05, 0.1) is 5.69 Å². The first-order valence-electron chi connectivity index (χ1n) is 8.81. The second-order valence-corrected chi connectivity index (χ2v) is 8.13. The smallest absolute Gasteiger partial charge is 0.189 e. The van der Waals surface area contributed by atoms with Crippen LogP contribution in [0.25, 0.3) is 11.3 Å². The molecule has 0 bridgehead atoms. The van der Waals surface area contributed by atoms with Crippen LogP contribution in [0.2, 0.25) is 0 Å². The van der Waals surface area contributed by atoms with Crippen LogP contribution in [0.5, 0.6) is 0 Å². The van der Waals surface area contributed by atoms with E-state index in [-0.39, 0.29) is 11.2 Å². The van der Waals surface area contributed by atoms with Crippen molar-refractivity contribution in [1.82, 2.24) is 9.97 Å².